The highest BCUT2D eigenvalue weighted by Gasteiger charge is 2.25. The standard InChI is InChI=1S/C30H41N3O3/c1-5-7-12-27(28(34)29(31)35)32-30(36)26-11-9-8-10-25(26)18-17-23-13-15-24(16-14-23)21-33(19-6-2)20-22(3)4/h8-11,13-18,22,27H,5-7,12,19-21H2,1-4H3,(H2,31,35)(H,32,36)/b18-17+. The molecule has 6 heteroatoms. The van der Waals surface area contributed by atoms with Crippen molar-refractivity contribution in [2.75, 3.05) is 13.1 Å². The molecule has 0 aliphatic heterocycles. The zero-order valence-corrected chi connectivity index (χ0v) is 22.1. The fraction of sp³-hybridized carbons (Fsp3) is 0.433. The molecule has 0 aliphatic rings. The number of carbonyl (C=O) groups excluding carboxylic acids is 3. The lowest BCUT2D eigenvalue weighted by Gasteiger charge is -2.23. The lowest BCUT2D eigenvalue weighted by atomic mass is 10.0. The van der Waals surface area contributed by atoms with Crippen LogP contribution in [-0.2, 0) is 16.1 Å². The number of nitrogens with zero attached hydrogens (tertiary/aromatic N) is 1. The number of unbranched alkanes of at least 4 members (excludes halogenated alkanes) is 1. The van der Waals surface area contributed by atoms with Gasteiger partial charge in [-0.1, -0.05) is 95.2 Å². The lowest BCUT2D eigenvalue weighted by molar-refractivity contribution is -0.137. The molecule has 194 valence electrons. The molecule has 1 atom stereocenters. The van der Waals surface area contributed by atoms with Crippen molar-refractivity contribution in [2.24, 2.45) is 11.7 Å². The summed E-state index contributed by atoms with van der Waals surface area (Å²) in [7, 11) is 0. The van der Waals surface area contributed by atoms with Gasteiger partial charge < -0.3 is 11.1 Å². The maximum atomic E-state index is 13.0. The zero-order valence-electron chi connectivity index (χ0n) is 22.1. The molecule has 0 saturated carbocycles. The topological polar surface area (TPSA) is 92.5 Å². The van der Waals surface area contributed by atoms with Crippen LogP contribution in [-0.4, -0.2) is 41.6 Å². The molecule has 0 saturated heterocycles. The Bertz CT molecular complexity index is 1030. The molecule has 0 fully saturated rings. The SMILES string of the molecule is CCCCC(NC(=O)c1ccccc1/C=C/c1ccc(CN(CCC)CC(C)C)cc1)C(=O)C(N)=O. The Morgan fingerprint density at radius 1 is 0.972 bits per heavy atom. The lowest BCUT2D eigenvalue weighted by Crippen LogP contribution is -2.46. The quantitative estimate of drug-likeness (QED) is 0.269. The predicted molar refractivity (Wildman–Crippen MR) is 147 cm³/mol. The van der Waals surface area contributed by atoms with Crippen molar-refractivity contribution in [3.8, 4) is 0 Å². The van der Waals surface area contributed by atoms with E-state index in [-0.39, 0.29) is 0 Å². The van der Waals surface area contributed by atoms with Crippen molar-refractivity contribution in [1.82, 2.24) is 10.2 Å². The van der Waals surface area contributed by atoms with Gasteiger partial charge in [-0.3, -0.25) is 19.3 Å². The number of nitrogens with two attached hydrogens (primary N) is 1. The summed E-state index contributed by atoms with van der Waals surface area (Å²) in [5.41, 5.74) is 8.66. The molecule has 3 N–H and O–H groups in total. The van der Waals surface area contributed by atoms with Crippen LogP contribution in [0.5, 0.6) is 0 Å². The van der Waals surface area contributed by atoms with E-state index in [0.29, 0.717) is 24.3 Å². The number of hydrogen-bond acceptors (Lipinski definition) is 4. The van der Waals surface area contributed by atoms with E-state index < -0.39 is 23.6 Å². The third-order valence-corrected chi connectivity index (χ3v) is 5.92. The second-order valence-electron chi connectivity index (χ2n) is 9.69. The first kappa shape index (κ1) is 29.0. The van der Waals surface area contributed by atoms with E-state index in [1.807, 2.05) is 31.2 Å². The Morgan fingerprint density at radius 2 is 1.67 bits per heavy atom. The summed E-state index contributed by atoms with van der Waals surface area (Å²) in [5, 5.41) is 2.71. The first-order chi connectivity index (χ1) is 17.2. The molecule has 0 aliphatic carbocycles. The predicted octanol–water partition coefficient (Wildman–Crippen LogP) is 5.07. The monoisotopic (exact) mass is 491 g/mol. The van der Waals surface area contributed by atoms with Crippen LogP contribution in [0.15, 0.2) is 48.5 Å². The molecule has 6 nitrogen and oxygen atoms in total. The summed E-state index contributed by atoms with van der Waals surface area (Å²) in [6.07, 6.45) is 6.91. The molecule has 2 aromatic rings. The molecule has 0 bridgehead atoms. The molecule has 2 amide bonds. The van der Waals surface area contributed by atoms with Crippen LogP contribution >= 0.6 is 0 Å². The van der Waals surface area contributed by atoms with Crippen molar-refractivity contribution in [3.63, 3.8) is 0 Å². The van der Waals surface area contributed by atoms with Gasteiger partial charge in [0.25, 0.3) is 11.8 Å². The van der Waals surface area contributed by atoms with E-state index in [1.54, 1.807) is 12.1 Å². The number of nitrogens with one attached hydrogen (secondary N) is 1. The highest BCUT2D eigenvalue weighted by Crippen LogP contribution is 2.16. The van der Waals surface area contributed by atoms with E-state index in [9.17, 15) is 14.4 Å². The summed E-state index contributed by atoms with van der Waals surface area (Å²) in [6, 6.07) is 14.7. The minimum Gasteiger partial charge on any atom is -0.363 e. The highest BCUT2D eigenvalue weighted by atomic mass is 16.2. The Labute approximate surface area is 216 Å². The van der Waals surface area contributed by atoms with E-state index in [1.165, 1.54) is 5.56 Å². The van der Waals surface area contributed by atoms with Crippen LogP contribution in [0.1, 0.15) is 80.4 Å². The van der Waals surface area contributed by atoms with Gasteiger partial charge >= 0.3 is 0 Å². The number of primary amides is 1. The Kier molecular flexibility index (Phi) is 12.1. The number of amides is 2. The number of ketones is 1. The van der Waals surface area contributed by atoms with Crippen molar-refractivity contribution in [1.29, 1.82) is 0 Å². The average molecular weight is 492 g/mol. The molecule has 0 aromatic heterocycles. The Balaban J connectivity index is 2.13. The summed E-state index contributed by atoms with van der Waals surface area (Å²) in [5.74, 6) is -1.57. The van der Waals surface area contributed by atoms with Crippen LogP contribution in [0.3, 0.4) is 0 Å². The number of carbonyl (C=O) groups is 3. The van der Waals surface area contributed by atoms with Gasteiger partial charge in [-0.05, 0) is 48.1 Å². The summed E-state index contributed by atoms with van der Waals surface area (Å²) >= 11 is 0. The van der Waals surface area contributed by atoms with Gasteiger partial charge in [-0.2, -0.15) is 0 Å². The molecule has 2 rings (SSSR count). The van der Waals surface area contributed by atoms with Crippen molar-refractivity contribution in [2.45, 2.75) is 66.0 Å². The van der Waals surface area contributed by atoms with Crippen LogP contribution < -0.4 is 11.1 Å². The van der Waals surface area contributed by atoms with Gasteiger partial charge in [0.1, 0.15) is 0 Å². The van der Waals surface area contributed by atoms with E-state index >= 15 is 0 Å². The number of hydrogen-bond donors (Lipinski definition) is 2. The minimum atomic E-state index is -1.03. The van der Waals surface area contributed by atoms with E-state index in [2.05, 4.69) is 55.3 Å². The molecule has 0 heterocycles. The van der Waals surface area contributed by atoms with Gasteiger partial charge in [0.2, 0.25) is 5.78 Å². The molecule has 0 radical (unpaired) electrons. The fourth-order valence-electron chi connectivity index (χ4n) is 4.18. The highest BCUT2D eigenvalue weighted by molar-refractivity contribution is 6.38. The fourth-order valence-corrected chi connectivity index (χ4v) is 4.18. The van der Waals surface area contributed by atoms with Crippen LogP contribution in [0.25, 0.3) is 12.2 Å². The normalized spacial score (nSPS) is 12.3. The van der Waals surface area contributed by atoms with Crippen molar-refractivity contribution >= 4 is 29.7 Å². The van der Waals surface area contributed by atoms with Crippen LogP contribution in [0.2, 0.25) is 0 Å². The second-order valence-corrected chi connectivity index (χ2v) is 9.69. The Morgan fingerprint density at radius 3 is 2.28 bits per heavy atom. The van der Waals surface area contributed by atoms with Gasteiger partial charge in [-0.15, -0.1) is 0 Å². The molecule has 36 heavy (non-hydrogen) atoms. The molecule has 2 aromatic carbocycles. The maximum Gasteiger partial charge on any atom is 0.287 e. The summed E-state index contributed by atoms with van der Waals surface area (Å²) in [6.45, 7) is 11.8. The molecule has 1 unspecified atom stereocenters. The van der Waals surface area contributed by atoms with Gasteiger partial charge in [0.05, 0.1) is 6.04 Å². The number of rotatable bonds is 15. The first-order valence-electron chi connectivity index (χ1n) is 13.0. The van der Waals surface area contributed by atoms with Crippen LogP contribution in [0, 0.1) is 5.92 Å². The molecule has 0 spiro atoms. The zero-order chi connectivity index (χ0) is 26.5. The van der Waals surface area contributed by atoms with Crippen molar-refractivity contribution in [3.05, 3.63) is 70.8 Å². The van der Waals surface area contributed by atoms with E-state index in [0.717, 1.165) is 43.6 Å². The summed E-state index contributed by atoms with van der Waals surface area (Å²) in [4.78, 5) is 39.1. The molecular formula is C30H41N3O3. The van der Waals surface area contributed by atoms with Gasteiger partial charge in [0, 0.05) is 18.7 Å². The van der Waals surface area contributed by atoms with Crippen LogP contribution in [0.4, 0.5) is 0 Å². The van der Waals surface area contributed by atoms with Crippen molar-refractivity contribution < 1.29 is 14.4 Å². The third-order valence-electron chi connectivity index (χ3n) is 5.92. The van der Waals surface area contributed by atoms with Gasteiger partial charge in [-0.25, -0.2) is 0 Å². The Hall–Kier alpha value is -3.25. The summed E-state index contributed by atoms with van der Waals surface area (Å²) < 4.78 is 0. The van der Waals surface area contributed by atoms with Gasteiger partial charge in [0.15, 0.2) is 0 Å². The molecular weight excluding hydrogens is 450 g/mol. The minimum absolute atomic E-state index is 0.376. The first-order valence-corrected chi connectivity index (χ1v) is 13.0. The smallest absolute Gasteiger partial charge is 0.287 e. The second kappa shape index (κ2) is 15.0. The van der Waals surface area contributed by atoms with E-state index in [4.69, 9.17) is 5.73 Å². The number of Topliss-reactive ketones (excluding diaryl/α,β-unsaturated/α-hetero) is 1. The third kappa shape index (κ3) is 9.42. The maximum absolute atomic E-state index is 13.0. The largest absolute Gasteiger partial charge is 0.363 e. The number of benzene rings is 2. The average Bonchev–Trinajstić information content (AvgIpc) is 2.85.